The van der Waals surface area contributed by atoms with Crippen LogP contribution in [0.4, 0.5) is 0 Å². The van der Waals surface area contributed by atoms with E-state index in [1.165, 1.54) is 11.1 Å². The first-order chi connectivity index (χ1) is 19.5. The molecule has 6 rings (SSSR count). The Morgan fingerprint density at radius 2 is 1.30 bits per heavy atom. The molecule has 204 valence electrons. The molecule has 1 aliphatic heterocycles. The number of hydrogen-bond donors (Lipinski definition) is 1. The fourth-order valence-corrected chi connectivity index (χ4v) is 7.57. The minimum Gasteiger partial charge on any atom is -0.496 e. The Hall–Kier alpha value is -3.89. The summed E-state index contributed by atoms with van der Waals surface area (Å²) in [7, 11) is 1.66. The zero-order valence-corrected chi connectivity index (χ0v) is 23.2. The van der Waals surface area contributed by atoms with Gasteiger partial charge < -0.3 is 14.7 Å². The third-order valence-electron chi connectivity index (χ3n) is 9.60. The molecule has 1 saturated carbocycles. The number of fused-ring (bicyclic) bond motifs is 1. The van der Waals surface area contributed by atoms with E-state index < -0.39 is 5.60 Å². The number of likely N-dealkylation sites (tertiary alicyclic amines) is 1. The van der Waals surface area contributed by atoms with Gasteiger partial charge in [0.1, 0.15) is 5.75 Å². The van der Waals surface area contributed by atoms with Gasteiger partial charge in [-0.1, -0.05) is 109 Å². The molecule has 0 radical (unpaired) electrons. The largest absolute Gasteiger partial charge is 0.496 e. The number of ether oxygens (including phenoxy) is 1. The van der Waals surface area contributed by atoms with Gasteiger partial charge in [0.15, 0.2) is 0 Å². The molecular weight excluding hydrogens is 494 g/mol. The molecule has 2 fully saturated rings. The predicted octanol–water partition coefficient (Wildman–Crippen LogP) is 6.54. The number of amides is 1. The van der Waals surface area contributed by atoms with E-state index in [0.29, 0.717) is 25.3 Å². The molecule has 4 nitrogen and oxygen atoms in total. The number of methoxy groups -OCH3 is 1. The van der Waals surface area contributed by atoms with Gasteiger partial charge in [0.05, 0.1) is 18.6 Å². The van der Waals surface area contributed by atoms with Gasteiger partial charge in [0.2, 0.25) is 5.91 Å². The third kappa shape index (κ3) is 4.22. The lowest BCUT2D eigenvalue weighted by atomic mass is 9.52. The van der Waals surface area contributed by atoms with Crippen molar-refractivity contribution in [2.75, 3.05) is 20.2 Å². The van der Waals surface area contributed by atoms with Crippen molar-refractivity contribution in [2.24, 2.45) is 11.8 Å². The molecule has 1 aliphatic carbocycles. The van der Waals surface area contributed by atoms with Crippen LogP contribution in [0.5, 0.6) is 5.75 Å². The van der Waals surface area contributed by atoms with Crippen molar-refractivity contribution in [2.45, 2.75) is 36.7 Å². The predicted molar refractivity (Wildman–Crippen MR) is 158 cm³/mol. The maximum absolute atomic E-state index is 14.1. The summed E-state index contributed by atoms with van der Waals surface area (Å²) in [5.74, 6) is 0.373. The van der Waals surface area contributed by atoms with Crippen LogP contribution in [-0.2, 0) is 15.8 Å². The minimum absolute atomic E-state index is 0.00730. The molecule has 1 saturated heterocycles. The standard InChI is InChI=1S/C36H37NO3/c1-26(27-14-6-3-7-15-27)34(38)37-24-31-32(25-37)36(39,30-20-12-13-21-33(30)40-2)23-22-35(31,28-16-8-4-9-17-28)29-18-10-5-11-19-29/h3-21,26,31-32,39H,22-25H2,1-2H3/t26-,31-,32+,36+/m0/s1. The van der Waals surface area contributed by atoms with E-state index in [0.717, 1.165) is 17.5 Å². The molecule has 4 aromatic carbocycles. The topological polar surface area (TPSA) is 49.8 Å². The van der Waals surface area contributed by atoms with Crippen molar-refractivity contribution in [1.82, 2.24) is 4.90 Å². The number of hydrogen-bond acceptors (Lipinski definition) is 3. The quantitative estimate of drug-likeness (QED) is 0.307. The van der Waals surface area contributed by atoms with E-state index in [1.807, 2.05) is 66.4 Å². The Kier molecular flexibility index (Phi) is 6.97. The molecule has 1 heterocycles. The first kappa shape index (κ1) is 26.3. The van der Waals surface area contributed by atoms with E-state index >= 15 is 0 Å². The average molecular weight is 532 g/mol. The van der Waals surface area contributed by atoms with Gasteiger partial charge in [-0.15, -0.1) is 0 Å². The lowest BCUT2D eigenvalue weighted by Crippen LogP contribution is -2.53. The van der Waals surface area contributed by atoms with Crippen molar-refractivity contribution in [3.63, 3.8) is 0 Å². The number of aliphatic hydroxyl groups is 1. The number of benzene rings is 4. The Morgan fingerprint density at radius 1 is 0.775 bits per heavy atom. The lowest BCUT2D eigenvalue weighted by Gasteiger charge is -2.53. The normalized spacial score (nSPS) is 24.2. The van der Waals surface area contributed by atoms with Crippen LogP contribution < -0.4 is 4.74 Å². The van der Waals surface area contributed by atoms with Gasteiger partial charge in [-0.05, 0) is 48.4 Å². The zero-order chi connectivity index (χ0) is 27.7. The maximum atomic E-state index is 14.1. The number of para-hydroxylation sites is 1. The molecule has 0 bridgehead atoms. The van der Waals surface area contributed by atoms with Crippen LogP contribution in [0.3, 0.4) is 0 Å². The first-order valence-corrected chi connectivity index (χ1v) is 14.3. The summed E-state index contributed by atoms with van der Waals surface area (Å²) >= 11 is 0. The summed E-state index contributed by atoms with van der Waals surface area (Å²) in [5.41, 5.74) is 2.83. The summed E-state index contributed by atoms with van der Waals surface area (Å²) in [6.45, 7) is 3.08. The van der Waals surface area contributed by atoms with Crippen molar-refractivity contribution in [1.29, 1.82) is 0 Å². The number of nitrogens with zero attached hydrogens (tertiary/aromatic N) is 1. The third-order valence-corrected chi connectivity index (χ3v) is 9.60. The SMILES string of the molecule is COc1ccccc1[C@]1(O)CCC(c2ccccc2)(c2ccccc2)[C@H]2CN(C(=O)[C@@H](C)c3ccccc3)C[C@H]21. The summed E-state index contributed by atoms with van der Waals surface area (Å²) in [4.78, 5) is 16.1. The number of rotatable bonds is 6. The van der Waals surface area contributed by atoms with E-state index in [2.05, 4.69) is 60.7 Å². The molecule has 40 heavy (non-hydrogen) atoms. The zero-order valence-electron chi connectivity index (χ0n) is 23.2. The highest BCUT2D eigenvalue weighted by molar-refractivity contribution is 5.83. The Bertz CT molecular complexity index is 1420. The van der Waals surface area contributed by atoms with Crippen LogP contribution in [0.25, 0.3) is 0 Å². The Morgan fingerprint density at radius 3 is 1.90 bits per heavy atom. The fraction of sp³-hybridized carbons (Fsp3) is 0.306. The van der Waals surface area contributed by atoms with Crippen LogP contribution in [-0.4, -0.2) is 36.1 Å². The van der Waals surface area contributed by atoms with Crippen molar-refractivity contribution < 1.29 is 14.6 Å². The second-order valence-corrected chi connectivity index (χ2v) is 11.4. The van der Waals surface area contributed by atoms with Crippen LogP contribution in [0.15, 0.2) is 115 Å². The van der Waals surface area contributed by atoms with Crippen molar-refractivity contribution >= 4 is 5.91 Å². The number of carbonyl (C=O) groups is 1. The monoisotopic (exact) mass is 531 g/mol. The van der Waals surface area contributed by atoms with E-state index in [9.17, 15) is 9.90 Å². The van der Waals surface area contributed by atoms with Gasteiger partial charge in [-0.25, -0.2) is 0 Å². The van der Waals surface area contributed by atoms with Gasteiger partial charge in [0.25, 0.3) is 0 Å². The summed E-state index contributed by atoms with van der Waals surface area (Å²) in [6, 6.07) is 39.2. The van der Waals surface area contributed by atoms with E-state index in [4.69, 9.17) is 4.74 Å². The highest BCUT2D eigenvalue weighted by Gasteiger charge is 2.61. The summed E-state index contributed by atoms with van der Waals surface area (Å²) in [5, 5.41) is 12.7. The summed E-state index contributed by atoms with van der Waals surface area (Å²) in [6.07, 6.45) is 1.32. The molecule has 4 heteroatoms. The van der Waals surface area contributed by atoms with Crippen molar-refractivity contribution in [3.8, 4) is 5.75 Å². The smallest absolute Gasteiger partial charge is 0.229 e. The van der Waals surface area contributed by atoms with E-state index in [1.54, 1.807) is 7.11 Å². The van der Waals surface area contributed by atoms with E-state index in [-0.39, 0.29) is 29.1 Å². The molecular formula is C36H37NO3. The lowest BCUT2D eigenvalue weighted by molar-refractivity contribution is -0.132. The molecule has 4 aromatic rings. The first-order valence-electron chi connectivity index (χ1n) is 14.3. The maximum Gasteiger partial charge on any atom is 0.229 e. The molecule has 0 unspecified atom stereocenters. The van der Waals surface area contributed by atoms with Crippen LogP contribution in [0.2, 0.25) is 0 Å². The molecule has 0 spiro atoms. The van der Waals surface area contributed by atoms with Gasteiger partial charge in [-0.2, -0.15) is 0 Å². The minimum atomic E-state index is -1.13. The molecule has 0 aromatic heterocycles. The second-order valence-electron chi connectivity index (χ2n) is 11.4. The Balaban J connectivity index is 1.49. The molecule has 4 atom stereocenters. The highest BCUT2D eigenvalue weighted by atomic mass is 16.5. The van der Waals surface area contributed by atoms with Gasteiger partial charge >= 0.3 is 0 Å². The fourth-order valence-electron chi connectivity index (χ4n) is 7.57. The van der Waals surface area contributed by atoms with Gasteiger partial charge in [-0.3, -0.25) is 4.79 Å². The van der Waals surface area contributed by atoms with Crippen LogP contribution in [0.1, 0.15) is 47.9 Å². The molecule has 1 N–H and O–H groups in total. The summed E-state index contributed by atoms with van der Waals surface area (Å²) < 4.78 is 5.76. The average Bonchev–Trinajstić information content (AvgIpc) is 3.49. The molecule has 2 aliphatic rings. The molecule has 1 amide bonds. The van der Waals surface area contributed by atoms with Gasteiger partial charge in [0, 0.05) is 30.0 Å². The van der Waals surface area contributed by atoms with Crippen LogP contribution in [0, 0.1) is 11.8 Å². The van der Waals surface area contributed by atoms with Crippen LogP contribution >= 0.6 is 0 Å². The highest BCUT2D eigenvalue weighted by Crippen LogP contribution is 2.60. The van der Waals surface area contributed by atoms with Crippen molar-refractivity contribution in [3.05, 3.63) is 138 Å². The Labute approximate surface area is 237 Å². The number of carbonyl (C=O) groups excluding carboxylic acids is 1. The second kappa shape index (κ2) is 10.6.